The SMILES string of the molecule is COc1cccc2c(NCCN(C)C)nc(NCCCCCCN)nc12. The molecule has 0 unspecified atom stereocenters. The summed E-state index contributed by atoms with van der Waals surface area (Å²) in [5.74, 6) is 2.22. The second-order valence-electron chi connectivity index (χ2n) is 6.61. The molecule has 0 aliphatic heterocycles. The van der Waals surface area contributed by atoms with E-state index in [1.165, 1.54) is 6.42 Å². The zero-order valence-corrected chi connectivity index (χ0v) is 16.2. The molecule has 0 atom stereocenters. The molecule has 2 aromatic rings. The van der Waals surface area contributed by atoms with Crippen molar-refractivity contribution in [2.24, 2.45) is 5.73 Å². The fraction of sp³-hybridized carbons (Fsp3) is 0.579. The third-order valence-electron chi connectivity index (χ3n) is 4.17. The van der Waals surface area contributed by atoms with Crippen molar-refractivity contribution in [3.05, 3.63) is 18.2 Å². The van der Waals surface area contributed by atoms with Crippen molar-refractivity contribution < 1.29 is 4.74 Å². The fourth-order valence-electron chi connectivity index (χ4n) is 2.73. The molecular weight excluding hydrogens is 328 g/mol. The predicted molar refractivity (Wildman–Crippen MR) is 109 cm³/mol. The van der Waals surface area contributed by atoms with E-state index < -0.39 is 0 Å². The number of methoxy groups -OCH3 is 1. The van der Waals surface area contributed by atoms with Gasteiger partial charge in [0.2, 0.25) is 5.95 Å². The normalized spacial score (nSPS) is 11.1. The van der Waals surface area contributed by atoms with Gasteiger partial charge in [0.05, 0.1) is 7.11 Å². The number of unbranched alkanes of at least 4 members (excludes halogenated alkanes) is 3. The molecule has 7 nitrogen and oxygen atoms in total. The van der Waals surface area contributed by atoms with E-state index in [0.717, 1.165) is 67.9 Å². The molecule has 26 heavy (non-hydrogen) atoms. The number of aromatic nitrogens is 2. The summed E-state index contributed by atoms with van der Waals surface area (Å²) in [7, 11) is 5.78. The minimum Gasteiger partial charge on any atom is -0.494 e. The summed E-state index contributed by atoms with van der Waals surface area (Å²) >= 11 is 0. The molecule has 1 heterocycles. The van der Waals surface area contributed by atoms with Gasteiger partial charge in [-0.05, 0) is 45.6 Å². The minimum atomic E-state index is 0.633. The lowest BCUT2D eigenvalue weighted by Gasteiger charge is -2.15. The highest BCUT2D eigenvalue weighted by Gasteiger charge is 2.11. The van der Waals surface area contributed by atoms with Crippen LogP contribution in [0.15, 0.2) is 18.2 Å². The maximum absolute atomic E-state index is 5.53. The number of para-hydroxylation sites is 1. The van der Waals surface area contributed by atoms with Gasteiger partial charge in [0.1, 0.15) is 17.1 Å². The first-order valence-corrected chi connectivity index (χ1v) is 9.33. The zero-order chi connectivity index (χ0) is 18.8. The van der Waals surface area contributed by atoms with Gasteiger partial charge in [0, 0.05) is 25.0 Å². The number of ether oxygens (including phenoxy) is 1. The van der Waals surface area contributed by atoms with Gasteiger partial charge in [0.15, 0.2) is 0 Å². The Labute approximate surface area is 156 Å². The summed E-state index contributed by atoms with van der Waals surface area (Å²) in [6, 6.07) is 5.91. The highest BCUT2D eigenvalue weighted by Crippen LogP contribution is 2.29. The van der Waals surface area contributed by atoms with E-state index in [9.17, 15) is 0 Å². The maximum Gasteiger partial charge on any atom is 0.225 e. The second-order valence-corrected chi connectivity index (χ2v) is 6.61. The van der Waals surface area contributed by atoms with Gasteiger partial charge in [-0.2, -0.15) is 4.98 Å². The molecule has 0 bridgehead atoms. The van der Waals surface area contributed by atoms with Crippen LogP contribution >= 0.6 is 0 Å². The first-order valence-electron chi connectivity index (χ1n) is 9.33. The smallest absolute Gasteiger partial charge is 0.225 e. The standard InChI is InChI=1S/C19H32N6O/c1-25(2)14-13-21-18-15-9-8-10-16(26-3)17(15)23-19(24-18)22-12-7-5-4-6-11-20/h8-10H,4-7,11-14,20H2,1-3H3,(H2,21,22,23,24). The maximum atomic E-state index is 5.53. The molecule has 7 heteroatoms. The monoisotopic (exact) mass is 360 g/mol. The number of nitrogens with zero attached hydrogens (tertiary/aromatic N) is 3. The third kappa shape index (κ3) is 6.00. The van der Waals surface area contributed by atoms with Crippen molar-refractivity contribution in [3.63, 3.8) is 0 Å². The molecule has 144 valence electrons. The number of anilines is 2. The number of nitrogens with two attached hydrogens (primary N) is 1. The Kier molecular flexibility index (Phi) is 8.37. The Hall–Kier alpha value is -2.12. The summed E-state index contributed by atoms with van der Waals surface area (Å²) in [5.41, 5.74) is 6.35. The van der Waals surface area contributed by atoms with Crippen molar-refractivity contribution in [1.29, 1.82) is 0 Å². The summed E-state index contributed by atoms with van der Waals surface area (Å²) in [6.45, 7) is 3.36. The molecule has 0 radical (unpaired) electrons. The summed E-state index contributed by atoms with van der Waals surface area (Å²) in [6.07, 6.45) is 4.50. The molecule has 0 aliphatic carbocycles. The van der Waals surface area contributed by atoms with Gasteiger partial charge < -0.3 is 26.0 Å². The van der Waals surface area contributed by atoms with Gasteiger partial charge in [-0.15, -0.1) is 0 Å². The Morgan fingerprint density at radius 2 is 1.85 bits per heavy atom. The number of benzene rings is 1. The Bertz CT molecular complexity index is 676. The van der Waals surface area contributed by atoms with Gasteiger partial charge >= 0.3 is 0 Å². The van der Waals surface area contributed by atoms with E-state index in [1.54, 1.807) is 7.11 Å². The molecular formula is C19H32N6O. The Morgan fingerprint density at radius 1 is 1.04 bits per heavy atom. The van der Waals surface area contributed by atoms with Crippen LogP contribution < -0.4 is 21.1 Å². The lowest BCUT2D eigenvalue weighted by atomic mass is 10.2. The number of hydrogen-bond acceptors (Lipinski definition) is 7. The predicted octanol–water partition coefficient (Wildman–Crippen LogP) is 2.54. The van der Waals surface area contributed by atoms with Crippen molar-refractivity contribution in [3.8, 4) is 5.75 Å². The molecule has 0 saturated carbocycles. The van der Waals surface area contributed by atoms with Crippen molar-refractivity contribution in [2.45, 2.75) is 25.7 Å². The number of hydrogen-bond donors (Lipinski definition) is 3. The van der Waals surface area contributed by atoms with Gasteiger partial charge in [0.25, 0.3) is 0 Å². The summed E-state index contributed by atoms with van der Waals surface area (Å²) in [5, 5.41) is 7.74. The lowest BCUT2D eigenvalue weighted by Crippen LogP contribution is -2.21. The third-order valence-corrected chi connectivity index (χ3v) is 4.17. The summed E-state index contributed by atoms with van der Waals surface area (Å²) in [4.78, 5) is 11.5. The molecule has 0 spiro atoms. The van der Waals surface area contributed by atoms with Crippen LogP contribution in [0.4, 0.5) is 11.8 Å². The van der Waals surface area contributed by atoms with E-state index >= 15 is 0 Å². The van der Waals surface area contributed by atoms with Crippen molar-refractivity contribution in [2.75, 3.05) is 58.0 Å². The molecule has 1 aromatic heterocycles. The highest BCUT2D eigenvalue weighted by atomic mass is 16.5. The number of likely N-dealkylation sites (N-methyl/N-ethyl adjacent to an activating group) is 1. The first kappa shape index (κ1) is 20.2. The van der Waals surface area contributed by atoms with Crippen molar-refractivity contribution >= 4 is 22.7 Å². The van der Waals surface area contributed by atoms with Crippen LogP contribution in [0.5, 0.6) is 5.75 Å². The van der Waals surface area contributed by atoms with E-state index in [0.29, 0.717) is 5.95 Å². The van der Waals surface area contributed by atoms with Crippen LogP contribution in [-0.4, -0.2) is 62.3 Å². The van der Waals surface area contributed by atoms with Crippen LogP contribution in [0, 0.1) is 0 Å². The minimum absolute atomic E-state index is 0.633. The average Bonchev–Trinajstić information content (AvgIpc) is 2.63. The van der Waals surface area contributed by atoms with Crippen LogP contribution in [0.3, 0.4) is 0 Å². The molecule has 0 amide bonds. The largest absolute Gasteiger partial charge is 0.494 e. The molecule has 0 saturated heterocycles. The van der Waals surface area contributed by atoms with Crippen LogP contribution in [-0.2, 0) is 0 Å². The van der Waals surface area contributed by atoms with E-state index in [4.69, 9.17) is 10.5 Å². The topological polar surface area (TPSA) is 88.3 Å². The van der Waals surface area contributed by atoms with Crippen LogP contribution in [0.25, 0.3) is 10.9 Å². The zero-order valence-electron chi connectivity index (χ0n) is 16.2. The Morgan fingerprint density at radius 3 is 2.58 bits per heavy atom. The molecule has 0 fully saturated rings. The molecule has 2 rings (SSSR count). The quantitative estimate of drug-likeness (QED) is 0.501. The van der Waals surface area contributed by atoms with Crippen LogP contribution in [0.2, 0.25) is 0 Å². The van der Waals surface area contributed by atoms with Crippen molar-refractivity contribution in [1.82, 2.24) is 14.9 Å². The average molecular weight is 361 g/mol. The molecule has 0 aliphatic rings. The van der Waals surface area contributed by atoms with E-state index in [2.05, 4.69) is 39.6 Å². The van der Waals surface area contributed by atoms with Gasteiger partial charge in [-0.25, -0.2) is 4.98 Å². The number of nitrogens with one attached hydrogen (secondary N) is 2. The van der Waals surface area contributed by atoms with E-state index in [-0.39, 0.29) is 0 Å². The highest BCUT2D eigenvalue weighted by molar-refractivity contribution is 5.94. The van der Waals surface area contributed by atoms with Gasteiger partial charge in [-0.3, -0.25) is 0 Å². The molecule has 1 aromatic carbocycles. The van der Waals surface area contributed by atoms with Crippen LogP contribution in [0.1, 0.15) is 25.7 Å². The number of fused-ring (bicyclic) bond motifs is 1. The number of rotatable bonds is 12. The van der Waals surface area contributed by atoms with E-state index in [1.807, 2.05) is 18.2 Å². The Balaban J connectivity index is 2.13. The lowest BCUT2D eigenvalue weighted by molar-refractivity contribution is 0.419. The first-order chi connectivity index (χ1) is 12.7. The fourth-order valence-corrected chi connectivity index (χ4v) is 2.73. The summed E-state index contributed by atoms with van der Waals surface area (Å²) < 4.78 is 5.48. The second kappa shape index (κ2) is 10.8. The molecule has 4 N–H and O–H groups in total. The van der Waals surface area contributed by atoms with Gasteiger partial charge in [-0.1, -0.05) is 18.9 Å².